The maximum atomic E-state index is 10.9. The number of aliphatic carboxylic acids is 1. The number of carboxylic acid groups (broad SMARTS) is 1. The van der Waals surface area contributed by atoms with Crippen LogP contribution >= 0.6 is 0 Å². The van der Waals surface area contributed by atoms with E-state index in [2.05, 4.69) is 0 Å². The van der Waals surface area contributed by atoms with Gasteiger partial charge in [-0.05, 0) is 18.8 Å². The van der Waals surface area contributed by atoms with Gasteiger partial charge in [-0.25, -0.2) is 5.14 Å². The third-order valence-corrected chi connectivity index (χ3v) is 3.26. The number of nitrogens with one attached hydrogen (secondary N) is 1. The Kier molecular flexibility index (Phi) is 4.06. The number of nitrogens with two attached hydrogens (primary N) is 1. The van der Waals surface area contributed by atoms with Crippen molar-refractivity contribution in [3.8, 4) is 0 Å². The van der Waals surface area contributed by atoms with Gasteiger partial charge in [0.15, 0.2) is 0 Å². The molecule has 0 radical (unpaired) electrons. The number of hydrogen-bond acceptors (Lipinski definition) is 3. The Morgan fingerprint density at radius 3 is 2.27 bits per heavy atom. The van der Waals surface area contributed by atoms with E-state index in [1.54, 1.807) is 0 Å². The van der Waals surface area contributed by atoms with Gasteiger partial charge in [0.1, 0.15) is 6.04 Å². The standard InChI is InChI=1S/C8H16N2O4S/c9-15(13,14)10-7(8(11)12)6-4-2-1-3-5-6/h6-7,10H,1-5H2,(H,11,12)(H2,9,13,14). The molecule has 1 aliphatic rings. The van der Waals surface area contributed by atoms with Gasteiger partial charge in [0.05, 0.1) is 0 Å². The molecule has 0 heterocycles. The van der Waals surface area contributed by atoms with Crippen LogP contribution in [0.5, 0.6) is 0 Å². The molecular weight excluding hydrogens is 220 g/mol. The molecule has 0 bridgehead atoms. The zero-order valence-electron chi connectivity index (χ0n) is 8.35. The van der Waals surface area contributed by atoms with Crippen molar-refractivity contribution in [2.24, 2.45) is 11.1 Å². The first-order chi connectivity index (χ1) is 6.90. The Morgan fingerprint density at radius 2 is 1.87 bits per heavy atom. The van der Waals surface area contributed by atoms with E-state index in [-0.39, 0.29) is 5.92 Å². The second kappa shape index (κ2) is 4.91. The lowest BCUT2D eigenvalue weighted by Gasteiger charge is -2.27. The van der Waals surface area contributed by atoms with Gasteiger partial charge in [0, 0.05) is 0 Å². The largest absolute Gasteiger partial charge is 0.480 e. The van der Waals surface area contributed by atoms with E-state index >= 15 is 0 Å². The fourth-order valence-corrected chi connectivity index (χ4v) is 2.64. The Bertz CT molecular complexity index is 322. The zero-order valence-corrected chi connectivity index (χ0v) is 9.16. The maximum absolute atomic E-state index is 10.9. The Labute approximate surface area is 89.0 Å². The Morgan fingerprint density at radius 1 is 1.33 bits per heavy atom. The summed E-state index contributed by atoms with van der Waals surface area (Å²) in [6.07, 6.45) is 4.44. The smallest absolute Gasteiger partial charge is 0.322 e. The van der Waals surface area contributed by atoms with Gasteiger partial charge in [0.25, 0.3) is 10.2 Å². The fourth-order valence-electron chi connectivity index (χ4n) is 1.99. The molecule has 1 saturated carbocycles. The average molecular weight is 236 g/mol. The van der Waals surface area contributed by atoms with Crippen molar-refractivity contribution in [1.82, 2.24) is 4.72 Å². The molecule has 0 aromatic carbocycles. The van der Waals surface area contributed by atoms with Crippen LogP contribution < -0.4 is 9.86 Å². The first-order valence-electron chi connectivity index (χ1n) is 4.93. The molecule has 4 N–H and O–H groups in total. The van der Waals surface area contributed by atoms with Crippen LogP contribution in [0.2, 0.25) is 0 Å². The second-order valence-electron chi connectivity index (χ2n) is 3.88. The lowest BCUT2D eigenvalue weighted by Crippen LogP contribution is -2.48. The molecule has 7 heteroatoms. The highest BCUT2D eigenvalue weighted by Crippen LogP contribution is 2.26. The molecular formula is C8H16N2O4S. The van der Waals surface area contributed by atoms with Crippen LogP contribution in [-0.4, -0.2) is 25.5 Å². The molecule has 15 heavy (non-hydrogen) atoms. The summed E-state index contributed by atoms with van der Waals surface area (Å²) in [6, 6.07) is -1.08. The molecule has 1 aliphatic carbocycles. The van der Waals surface area contributed by atoms with Gasteiger partial charge in [-0.3, -0.25) is 4.79 Å². The number of rotatable bonds is 4. The van der Waals surface area contributed by atoms with E-state index in [0.717, 1.165) is 32.1 Å². The third-order valence-electron chi connectivity index (χ3n) is 2.68. The lowest BCUT2D eigenvalue weighted by molar-refractivity contribution is -0.140. The van der Waals surface area contributed by atoms with Crippen molar-refractivity contribution in [3.05, 3.63) is 0 Å². The molecule has 0 aromatic heterocycles. The predicted octanol–water partition coefficient (Wildman–Crippen LogP) is -0.187. The normalized spacial score (nSPS) is 21.1. The average Bonchev–Trinajstić information content (AvgIpc) is 2.14. The molecule has 0 spiro atoms. The first-order valence-corrected chi connectivity index (χ1v) is 6.47. The summed E-state index contributed by atoms with van der Waals surface area (Å²) in [7, 11) is -3.95. The molecule has 0 saturated heterocycles. The number of hydrogen-bond donors (Lipinski definition) is 3. The van der Waals surface area contributed by atoms with Crippen LogP contribution in [0.4, 0.5) is 0 Å². The van der Waals surface area contributed by atoms with Crippen LogP contribution in [0.25, 0.3) is 0 Å². The summed E-state index contributed by atoms with van der Waals surface area (Å²) in [5.41, 5.74) is 0. The molecule has 1 fully saturated rings. The first kappa shape index (κ1) is 12.4. The lowest BCUT2D eigenvalue weighted by atomic mass is 9.84. The SMILES string of the molecule is NS(=O)(=O)NC(C(=O)O)C1CCCCC1. The highest BCUT2D eigenvalue weighted by atomic mass is 32.2. The monoisotopic (exact) mass is 236 g/mol. The van der Waals surface area contributed by atoms with Gasteiger partial charge >= 0.3 is 5.97 Å². The van der Waals surface area contributed by atoms with Crippen molar-refractivity contribution in [3.63, 3.8) is 0 Å². The third kappa shape index (κ3) is 4.15. The highest BCUT2D eigenvalue weighted by molar-refractivity contribution is 7.87. The minimum absolute atomic E-state index is 0.144. The molecule has 1 unspecified atom stereocenters. The molecule has 6 nitrogen and oxygen atoms in total. The van der Waals surface area contributed by atoms with Crippen molar-refractivity contribution >= 4 is 16.2 Å². The fraction of sp³-hybridized carbons (Fsp3) is 0.875. The van der Waals surface area contributed by atoms with Crippen molar-refractivity contribution in [2.75, 3.05) is 0 Å². The van der Waals surface area contributed by atoms with Crippen LogP contribution in [0, 0.1) is 5.92 Å². The molecule has 0 aromatic rings. The summed E-state index contributed by atoms with van der Waals surface area (Å²) in [6.45, 7) is 0. The maximum Gasteiger partial charge on any atom is 0.322 e. The second-order valence-corrected chi connectivity index (χ2v) is 5.20. The van der Waals surface area contributed by atoms with Gasteiger partial charge < -0.3 is 5.11 Å². The van der Waals surface area contributed by atoms with Crippen LogP contribution in [0.1, 0.15) is 32.1 Å². The molecule has 88 valence electrons. The zero-order chi connectivity index (χ0) is 11.5. The van der Waals surface area contributed by atoms with Gasteiger partial charge in [-0.1, -0.05) is 19.3 Å². The summed E-state index contributed by atoms with van der Waals surface area (Å²) in [5.74, 6) is -1.30. The summed E-state index contributed by atoms with van der Waals surface area (Å²) in [4.78, 5) is 10.9. The Balaban J connectivity index is 2.68. The quantitative estimate of drug-likeness (QED) is 0.628. The van der Waals surface area contributed by atoms with Crippen LogP contribution in [0.15, 0.2) is 0 Å². The van der Waals surface area contributed by atoms with E-state index in [1.165, 1.54) is 0 Å². The van der Waals surface area contributed by atoms with Gasteiger partial charge in [-0.2, -0.15) is 13.1 Å². The molecule has 1 atom stereocenters. The van der Waals surface area contributed by atoms with Crippen molar-refractivity contribution < 1.29 is 18.3 Å². The predicted molar refractivity (Wildman–Crippen MR) is 54.2 cm³/mol. The van der Waals surface area contributed by atoms with E-state index in [4.69, 9.17) is 10.2 Å². The van der Waals surface area contributed by atoms with E-state index in [1.807, 2.05) is 4.72 Å². The van der Waals surface area contributed by atoms with Crippen LogP contribution in [0.3, 0.4) is 0 Å². The Hall–Kier alpha value is -0.660. The van der Waals surface area contributed by atoms with E-state index in [9.17, 15) is 13.2 Å². The van der Waals surface area contributed by atoms with Crippen LogP contribution in [-0.2, 0) is 15.0 Å². The van der Waals surface area contributed by atoms with E-state index < -0.39 is 22.2 Å². The number of carbonyl (C=O) groups is 1. The highest BCUT2D eigenvalue weighted by Gasteiger charge is 2.31. The summed E-state index contributed by atoms with van der Waals surface area (Å²) < 4.78 is 23.6. The number of carboxylic acids is 1. The van der Waals surface area contributed by atoms with Gasteiger partial charge in [0.2, 0.25) is 0 Å². The summed E-state index contributed by atoms with van der Waals surface area (Å²) in [5, 5.41) is 13.7. The minimum Gasteiger partial charge on any atom is -0.480 e. The molecule has 1 rings (SSSR count). The molecule has 0 amide bonds. The van der Waals surface area contributed by atoms with Gasteiger partial charge in [-0.15, -0.1) is 0 Å². The van der Waals surface area contributed by atoms with E-state index in [0.29, 0.717) is 0 Å². The van der Waals surface area contributed by atoms with Crippen molar-refractivity contribution in [2.45, 2.75) is 38.1 Å². The summed E-state index contributed by atoms with van der Waals surface area (Å²) >= 11 is 0. The topological polar surface area (TPSA) is 109 Å². The van der Waals surface area contributed by atoms with Crippen molar-refractivity contribution in [1.29, 1.82) is 0 Å². The molecule has 0 aliphatic heterocycles. The minimum atomic E-state index is -3.95.